The van der Waals surface area contributed by atoms with E-state index in [0.29, 0.717) is 18.1 Å². The molecule has 1 aliphatic rings. The van der Waals surface area contributed by atoms with E-state index in [1.165, 1.54) is 18.4 Å². The Balaban J connectivity index is 1.87. The van der Waals surface area contributed by atoms with E-state index in [1.807, 2.05) is 18.2 Å². The Morgan fingerprint density at radius 1 is 1.18 bits per heavy atom. The van der Waals surface area contributed by atoms with Gasteiger partial charge in [-0.2, -0.15) is 0 Å². The highest BCUT2D eigenvalue weighted by molar-refractivity contribution is 5.35. The van der Waals surface area contributed by atoms with E-state index in [1.54, 1.807) is 6.07 Å². The highest BCUT2D eigenvalue weighted by atomic mass is 16.3. The fourth-order valence-corrected chi connectivity index (χ4v) is 3.39. The predicted octanol–water partition coefficient (Wildman–Crippen LogP) is 2.86. The number of benzene rings is 1. The van der Waals surface area contributed by atoms with Crippen molar-refractivity contribution in [3.63, 3.8) is 0 Å². The van der Waals surface area contributed by atoms with Crippen molar-refractivity contribution in [3.05, 3.63) is 52.6 Å². The standard InChI is InChI=1S/C18H23N3O/c1-12-18(15-7-5-9-19-11-15)13(2)21-17(20-12)10-14-6-3-4-8-16(14)22/h3-4,6,8,15,19,22H,5,7,9-11H2,1-2H3. The normalized spacial score (nSPS) is 18.4. The van der Waals surface area contributed by atoms with Crippen LogP contribution in [0.25, 0.3) is 0 Å². The SMILES string of the molecule is Cc1nc(Cc2ccccc2O)nc(C)c1C1CCCNC1. The lowest BCUT2D eigenvalue weighted by atomic mass is 9.89. The second kappa shape index (κ2) is 6.44. The van der Waals surface area contributed by atoms with E-state index >= 15 is 0 Å². The molecule has 0 spiro atoms. The van der Waals surface area contributed by atoms with Gasteiger partial charge in [-0.05, 0) is 50.8 Å². The van der Waals surface area contributed by atoms with Crippen molar-refractivity contribution < 1.29 is 5.11 Å². The topological polar surface area (TPSA) is 58.0 Å². The molecule has 4 nitrogen and oxygen atoms in total. The van der Waals surface area contributed by atoms with Crippen LogP contribution in [0.15, 0.2) is 24.3 Å². The zero-order chi connectivity index (χ0) is 15.5. The Hall–Kier alpha value is -1.94. The zero-order valence-corrected chi connectivity index (χ0v) is 13.3. The first-order valence-electron chi connectivity index (χ1n) is 7.96. The zero-order valence-electron chi connectivity index (χ0n) is 13.3. The number of aromatic nitrogens is 2. The van der Waals surface area contributed by atoms with Crippen molar-refractivity contribution in [2.75, 3.05) is 13.1 Å². The summed E-state index contributed by atoms with van der Waals surface area (Å²) in [4.78, 5) is 9.39. The van der Waals surface area contributed by atoms with E-state index < -0.39 is 0 Å². The lowest BCUT2D eigenvalue weighted by Crippen LogP contribution is -2.29. The maximum Gasteiger partial charge on any atom is 0.133 e. The number of nitrogens with one attached hydrogen (secondary N) is 1. The van der Waals surface area contributed by atoms with Gasteiger partial charge in [0.1, 0.15) is 11.6 Å². The molecule has 3 rings (SSSR count). The second-order valence-electron chi connectivity index (χ2n) is 6.07. The van der Waals surface area contributed by atoms with Gasteiger partial charge >= 0.3 is 0 Å². The molecule has 0 amide bonds. The van der Waals surface area contributed by atoms with Crippen molar-refractivity contribution in [1.82, 2.24) is 15.3 Å². The molecule has 1 atom stereocenters. The number of phenols is 1. The molecular weight excluding hydrogens is 274 g/mol. The quantitative estimate of drug-likeness (QED) is 0.914. The van der Waals surface area contributed by atoms with Crippen LogP contribution < -0.4 is 5.32 Å². The second-order valence-corrected chi connectivity index (χ2v) is 6.07. The summed E-state index contributed by atoms with van der Waals surface area (Å²) in [6, 6.07) is 7.38. The van der Waals surface area contributed by atoms with Crippen molar-refractivity contribution in [3.8, 4) is 5.75 Å². The summed E-state index contributed by atoms with van der Waals surface area (Å²) in [5, 5.41) is 13.4. The number of aryl methyl sites for hydroxylation is 2. The number of nitrogens with zero attached hydrogens (tertiary/aromatic N) is 2. The summed E-state index contributed by atoms with van der Waals surface area (Å²) in [6.07, 6.45) is 2.98. The fourth-order valence-electron chi connectivity index (χ4n) is 3.39. The first-order chi connectivity index (χ1) is 10.6. The van der Waals surface area contributed by atoms with Gasteiger partial charge in [0.2, 0.25) is 0 Å². The molecule has 1 unspecified atom stereocenters. The van der Waals surface area contributed by atoms with Gasteiger partial charge in [0, 0.05) is 29.9 Å². The minimum absolute atomic E-state index is 0.307. The van der Waals surface area contributed by atoms with E-state index in [-0.39, 0.29) is 0 Å². The molecule has 4 heteroatoms. The summed E-state index contributed by atoms with van der Waals surface area (Å²) in [5.41, 5.74) is 4.32. The summed E-state index contributed by atoms with van der Waals surface area (Å²) < 4.78 is 0. The predicted molar refractivity (Wildman–Crippen MR) is 87.3 cm³/mol. The molecule has 0 radical (unpaired) electrons. The number of hydrogen-bond donors (Lipinski definition) is 2. The fraction of sp³-hybridized carbons (Fsp3) is 0.444. The Labute approximate surface area is 131 Å². The van der Waals surface area contributed by atoms with Gasteiger partial charge in [0.25, 0.3) is 0 Å². The largest absolute Gasteiger partial charge is 0.508 e. The molecule has 0 aliphatic carbocycles. The Morgan fingerprint density at radius 2 is 1.91 bits per heavy atom. The van der Waals surface area contributed by atoms with Crippen LogP contribution in [-0.4, -0.2) is 28.2 Å². The van der Waals surface area contributed by atoms with E-state index in [9.17, 15) is 5.11 Å². The molecular formula is C18H23N3O. The number of phenolic OH excluding ortho intramolecular Hbond substituents is 1. The Kier molecular flexibility index (Phi) is 4.39. The van der Waals surface area contributed by atoms with Crippen molar-refractivity contribution in [2.24, 2.45) is 0 Å². The smallest absolute Gasteiger partial charge is 0.133 e. The highest BCUT2D eigenvalue weighted by Crippen LogP contribution is 2.28. The van der Waals surface area contributed by atoms with Crippen LogP contribution in [0.4, 0.5) is 0 Å². The van der Waals surface area contributed by atoms with Crippen LogP contribution in [0.5, 0.6) is 5.75 Å². The van der Waals surface area contributed by atoms with Crippen LogP contribution in [0.1, 0.15) is 47.1 Å². The van der Waals surface area contributed by atoms with Crippen molar-refractivity contribution in [2.45, 2.75) is 39.0 Å². The molecule has 1 aromatic heterocycles. The summed E-state index contributed by atoms with van der Waals surface area (Å²) >= 11 is 0. The first kappa shape index (κ1) is 15.0. The number of hydrogen-bond acceptors (Lipinski definition) is 4. The number of rotatable bonds is 3. The number of piperidine rings is 1. The molecule has 2 heterocycles. The van der Waals surface area contributed by atoms with Gasteiger partial charge in [0.15, 0.2) is 0 Å². The van der Waals surface area contributed by atoms with E-state index in [0.717, 1.165) is 35.9 Å². The molecule has 22 heavy (non-hydrogen) atoms. The van der Waals surface area contributed by atoms with Gasteiger partial charge in [-0.25, -0.2) is 9.97 Å². The Morgan fingerprint density at radius 3 is 2.55 bits per heavy atom. The van der Waals surface area contributed by atoms with E-state index in [2.05, 4.69) is 19.2 Å². The maximum absolute atomic E-state index is 9.91. The average Bonchev–Trinajstić information content (AvgIpc) is 2.50. The van der Waals surface area contributed by atoms with Crippen molar-refractivity contribution >= 4 is 0 Å². The summed E-state index contributed by atoms with van der Waals surface area (Å²) in [6.45, 7) is 6.28. The lowest BCUT2D eigenvalue weighted by Gasteiger charge is -2.25. The summed E-state index contributed by atoms with van der Waals surface area (Å²) in [7, 11) is 0. The third kappa shape index (κ3) is 3.12. The first-order valence-corrected chi connectivity index (χ1v) is 7.96. The number of aromatic hydroxyl groups is 1. The van der Waals surface area contributed by atoms with Crippen LogP contribution in [0, 0.1) is 13.8 Å². The van der Waals surface area contributed by atoms with Gasteiger partial charge in [-0.15, -0.1) is 0 Å². The van der Waals surface area contributed by atoms with Crippen LogP contribution in [-0.2, 0) is 6.42 Å². The lowest BCUT2D eigenvalue weighted by molar-refractivity contribution is 0.456. The molecule has 2 aromatic rings. The molecule has 1 aliphatic heterocycles. The molecule has 0 bridgehead atoms. The molecule has 1 fully saturated rings. The van der Waals surface area contributed by atoms with Crippen LogP contribution >= 0.6 is 0 Å². The van der Waals surface area contributed by atoms with Crippen LogP contribution in [0.2, 0.25) is 0 Å². The molecule has 116 valence electrons. The van der Waals surface area contributed by atoms with Gasteiger partial charge < -0.3 is 10.4 Å². The Bertz CT molecular complexity index is 640. The van der Waals surface area contributed by atoms with Gasteiger partial charge in [0.05, 0.1) is 0 Å². The van der Waals surface area contributed by atoms with E-state index in [4.69, 9.17) is 9.97 Å². The number of para-hydroxylation sites is 1. The third-order valence-electron chi connectivity index (χ3n) is 4.42. The van der Waals surface area contributed by atoms with Crippen molar-refractivity contribution in [1.29, 1.82) is 0 Å². The molecule has 1 aromatic carbocycles. The minimum Gasteiger partial charge on any atom is -0.508 e. The molecule has 2 N–H and O–H groups in total. The summed E-state index contributed by atoms with van der Waals surface area (Å²) in [5.74, 6) is 1.61. The van der Waals surface area contributed by atoms with Gasteiger partial charge in [-0.3, -0.25) is 0 Å². The molecule has 0 saturated carbocycles. The van der Waals surface area contributed by atoms with Crippen LogP contribution in [0.3, 0.4) is 0 Å². The monoisotopic (exact) mass is 297 g/mol. The maximum atomic E-state index is 9.91. The average molecular weight is 297 g/mol. The van der Waals surface area contributed by atoms with Gasteiger partial charge in [-0.1, -0.05) is 18.2 Å². The molecule has 1 saturated heterocycles. The highest BCUT2D eigenvalue weighted by Gasteiger charge is 2.21. The third-order valence-corrected chi connectivity index (χ3v) is 4.42. The minimum atomic E-state index is 0.307.